The van der Waals surface area contributed by atoms with Crippen molar-refractivity contribution < 1.29 is 29.0 Å². The Labute approximate surface area is 177 Å². The number of carbonyl (C=O) groups is 3. The maximum Gasteiger partial charge on any atom is 0.317 e. The summed E-state index contributed by atoms with van der Waals surface area (Å²) in [6, 6.07) is 0. The standard InChI is InChI=1S/C24H32O6/c1-11(2)24-12(25)10-22(5,28)17(24)13-14(19(24)26)23-9-7-8-21(3,4)18(23)16(15(13)29-6)30-20(23)27/h11,15-18,28H,7-10H2,1-6H3. The molecule has 2 saturated carbocycles. The van der Waals surface area contributed by atoms with Crippen molar-refractivity contribution in [2.24, 2.45) is 34.0 Å². The van der Waals surface area contributed by atoms with Crippen LogP contribution in [0.3, 0.4) is 0 Å². The molecule has 3 fully saturated rings. The minimum Gasteiger partial charge on any atom is -0.458 e. The normalized spacial score (nSPS) is 48.7. The van der Waals surface area contributed by atoms with Gasteiger partial charge in [-0.25, -0.2) is 0 Å². The first kappa shape index (κ1) is 20.4. The van der Waals surface area contributed by atoms with E-state index in [4.69, 9.17) is 9.47 Å². The minimum atomic E-state index is -1.36. The molecule has 0 amide bonds. The number of hydrogen-bond acceptors (Lipinski definition) is 6. The molecule has 5 aliphatic rings. The fourth-order valence-corrected chi connectivity index (χ4v) is 8.34. The molecule has 0 aromatic rings. The largest absolute Gasteiger partial charge is 0.458 e. The summed E-state index contributed by atoms with van der Waals surface area (Å²) in [7, 11) is 1.57. The van der Waals surface area contributed by atoms with Crippen molar-refractivity contribution in [3.8, 4) is 0 Å². The number of Topliss-reactive ketones (excluding diaryl/α,β-unsaturated/α-hetero) is 2. The van der Waals surface area contributed by atoms with Gasteiger partial charge in [-0.15, -0.1) is 0 Å². The van der Waals surface area contributed by atoms with Gasteiger partial charge in [-0.1, -0.05) is 34.1 Å². The molecular weight excluding hydrogens is 384 g/mol. The number of esters is 1. The van der Waals surface area contributed by atoms with Crippen molar-refractivity contribution in [1.82, 2.24) is 0 Å². The predicted octanol–water partition coefficient (Wildman–Crippen LogP) is 2.61. The summed E-state index contributed by atoms with van der Waals surface area (Å²) in [5.41, 5.74) is -2.82. The number of ether oxygens (including phenoxy) is 2. The van der Waals surface area contributed by atoms with E-state index in [-0.39, 0.29) is 41.2 Å². The topological polar surface area (TPSA) is 89.9 Å². The van der Waals surface area contributed by atoms with Crippen LogP contribution in [0, 0.1) is 34.0 Å². The average molecular weight is 417 g/mol. The van der Waals surface area contributed by atoms with E-state index in [0.717, 1.165) is 12.8 Å². The lowest BCUT2D eigenvalue weighted by molar-refractivity contribution is -0.152. The van der Waals surface area contributed by atoms with Crippen LogP contribution >= 0.6 is 0 Å². The quantitative estimate of drug-likeness (QED) is 0.550. The number of ketones is 2. The Morgan fingerprint density at radius 1 is 1.13 bits per heavy atom. The zero-order chi connectivity index (χ0) is 22.0. The monoisotopic (exact) mass is 416 g/mol. The van der Waals surface area contributed by atoms with Crippen LogP contribution in [0.25, 0.3) is 0 Å². The van der Waals surface area contributed by atoms with Crippen LogP contribution in [0.1, 0.15) is 60.3 Å². The smallest absolute Gasteiger partial charge is 0.317 e. The Hall–Kier alpha value is -1.53. The van der Waals surface area contributed by atoms with Gasteiger partial charge in [-0.2, -0.15) is 0 Å². The highest BCUT2D eigenvalue weighted by Crippen LogP contribution is 2.72. The second-order valence-electron chi connectivity index (χ2n) is 11.4. The average Bonchev–Trinajstić information content (AvgIpc) is 3.13. The van der Waals surface area contributed by atoms with Crippen molar-refractivity contribution in [2.45, 2.75) is 78.1 Å². The van der Waals surface area contributed by atoms with Gasteiger partial charge in [-0.3, -0.25) is 14.4 Å². The van der Waals surface area contributed by atoms with Gasteiger partial charge in [0.15, 0.2) is 11.6 Å². The molecule has 6 nitrogen and oxygen atoms in total. The first-order valence-corrected chi connectivity index (χ1v) is 11.2. The van der Waals surface area contributed by atoms with Crippen LogP contribution in [0.15, 0.2) is 11.1 Å². The van der Waals surface area contributed by atoms with E-state index >= 15 is 0 Å². The zero-order valence-electron chi connectivity index (χ0n) is 18.7. The number of methoxy groups -OCH3 is 1. The Bertz CT molecular complexity index is 911. The number of fused-ring (bicyclic) bond motifs is 2. The molecule has 30 heavy (non-hydrogen) atoms. The van der Waals surface area contributed by atoms with E-state index in [0.29, 0.717) is 17.6 Å². The molecule has 6 heteroatoms. The molecule has 1 saturated heterocycles. The Balaban J connectivity index is 1.86. The maximum atomic E-state index is 14.3. The van der Waals surface area contributed by atoms with Gasteiger partial charge in [0.25, 0.3) is 0 Å². The maximum absolute atomic E-state index is 14.3. The van der Waals surface area contributed by atoms with Crippen molar-refractivity contribution in [3.63, 3.8) is 0 Å². The highest BCUT2D eigenvalue weighted by Gasteiger charge is 2.80. The molecule has 2 bridgehead atoms. The van der Waals surface area contributed by atoms with E-state index < -0.39 is 34.6 Å². The highest BCUT2D eigenvalue weighted by atomic mass is 16.6. The van der Waals surface area contributed by atoms with Gasteiger partial charge in [0.2, 0.25) is 0 Å². The van der Waals surface area contributed by atoms with E-state index in [1.165, 1.54) is 0 Å². The molecule has 0 radical (unpaired) electrons. The third kappa shape index (κ3) is 1.88. The van der Waals surface area contributed by atoms with E-state index in [1.807, 2.05) is 13.8 Å². The van der Waals surface area contributed by atoms with Crippen LogP contribution in [0.5, 0.6) is 0 Å². The minimum absolute atomic E-state index is 0.0593. The molecule has 0 spiro atoms. The van der Waals surface area contributed by atoms with Crippen LogP contribution in [0.2, 0.25) is 0 Å². The summed E-state index contributed by atoms with van der Waals surface area (Å²) >= 11 is 0. The SMILES string of the molecule is COC1C2=C(C(=O)C3(C(C)C)C(=O)CC(C)(O)C23)C23CCCC(C)(C)C2C1OC3=O. The van der Waals surface area contributed by atoms with Crippen LogP contribution < -0.4 is 0 Å². The number of carbonyl (C=O) groups excluding carboxylic acids is 3. The van der Waals surface area contributed by atoms with Crippen molar-refractivity contribution in [2.75, 3.05) is 7.11 Å². The van der Waals surface area contributed by atoms with Crippen LogP contribution in [-0.4, -0.2) is 47.6 Å². The lowest BCUT2D eigenvalue weighted by Crippen LogP contribution is -2.55. The molecule has 7 unspecified atom stereocenters. The summed E-state index contributed by atoms with van der Waals surface area (Å²) < 4.78 is 11.9. The lowest BCUT2D eigenvalue weighted by Gasteiger charge is -2.51. The Morgan fingerprint density at radius 2 is 1.80 bits per heavy atom. The number of hydrogen-bond donors (Lipinski definition) is 1. The van der Waals surface area contributed by atoms with Gasteiger partial charge < -0.3 is 14.6 Å². The van der Waals surface area contributed by atoms with Gasteiger partial charge in [0, 0.05) is 30.9 Å². The highest BCUT2D eigenvalue weighted by molar-refractivity contribution is 6.22. The zero-order valence-corrected chi connectivity index (χ0v) is 18.7. The molecular formula is C24H32O6. The van der Waals surface area contributed by atoms with E-state index in [9.17, 15) is 19.5 Å². The van der Waals surface area contributed by atoms with Gasteiger partial charge in [0.1, 0.15) is 23.0 Å². The number of aliphatic hydroxyl groups is 1. The molecule has 0 aromatic heterocycles. The van der Waals surface area contributed by atoms with Gasteiger partial charge in [0.05, 0.1) is 5.60 Å². The summed E-state index contributed by atoms with van der Waals surface area (Å²) in [6.45, 7) is 9.67. The summed E-state index contributed by atoms with van der Waals surface area (Å²) in [5.74, 6) is -1.97. The summed E-state index contributed by atoms with van der Waals surface area (Å²) in [4.78, 5) is 41.2. The Kier molecular flexibility index (Phi) is 3.82. The molecule has 1 N–H and O–H groups in total. The molecule has 1 aliphatic heterocycles. The van der Waals surface area contributed by atoms with Gasteiger partial charge >= 0.3 is 5.97 Å². The third-order valence-corrected chi connectivity index (χ3v) is 9.18. The summed E-state index contributed by atoms with van der Waals surface area (Å²) in [6.07, 6.45) is 1.13. The first-order valence-electron chi connectivity index (χ1n) is 11.2. The van der Waals surface area contributed by atoms with Crippen molar-refractivity contribution in [1.29, 1.82) is 0 Å². The van der Waals surface area contributed by atoms with Crippen molar-refractivity contribution >= 4 is 17.5 Å². The first-order chi connectivity index (χ1) is 13.9. The fraction of sp³-hybridized carbons (Fsp3) is 0.792. The second-order valence-corrected chi connectivity index (χ2v) is 11.4. The number of rotatable bonds is 2. The molecule has 4 aliphatic carbocycles. The molecule has 164 valence electrons. The lowest BCUT2D eigenvalue weighted by atomic mass is 9.49. The Morgan fingerprint density at radius 3 is 2.40 bits per heavy atom. The van der Waals surface area contributed by atoms with E-state index in [2.05, 4.69) is 13.8 Å². The van der Waals surface area contributed by atoms with Gasteiger partial charge in [-0.05, 0) is 36.7 Å². The molecule has 1 heterocycles. The molecule has 7 atom stereocenters. The van der Waals surface area contributed by atoms with Crippen molar-refractivity contribution in [3.05, 3.63) is 11.1 Å². The van der Waals surface area contributed by atoms with Crippen LogP contribution in [0.4, 0.5) is 0 Å². The molecule has 5 rings (SSSR count). The predicted molar refractivity (Wildman–Crippen MR) is 107 cm³/mol. The third-order valence-electron chi connectivity index (χ3n) is 9.18. The van der Waals surface area contributed by atoms with Crippen LogP contribution in [-0.2, 0) is 23.9 Å². The second kappa shape index (κ2) is 5.63. The summed E-state index contributed by atoms with van der Waals surface area (Å²) in [5, 5.41) is 11.4. The fourth-order valence-electron chi connectivity index (χ4n) is 8.34. The molecule has 0 aromatic carbocycles. The van der Waals surface area contributed by atoms with E-state index in [1.54, 1.807) is 14.0 Å².